The molecule has 1 unspecified atom stereocenters. The summed E-state index contributed by atoms with van der Waals surface area (Å²) in [6, 6.07) is 10.5. The highest BCUT2D eigenvalue weighted by Crippen LogP contribution is 2.20. The lowest BCUT2D eigenvalue weighted by Crippen LogP contribution is -2.40. The molecule has 2 aromatic carbocycles. The molecular formula is C20H17Cl3N2O5. The zero-order valence-electron chi connectivity index (χ0n) is 15.7. The standard InChI is InChI=1S/C20H17Cl3N2O5/c1-11(19(28)12-2-4-13(21)5-3-12)30-18(27)10-24-17(26)9-25-20(29)15-7-6-14(22)8-16(15)23/h2-8,11H,9-10H2,1H3,(H,24,26)(H,25,29). The normalized spacial score (nSPS) is 11.3. The molecule has 2 aromatic rings. The van der Waals surface area contributed by atoms with Crippen molar-refractivity contribution in [3.63, 3.8) is 0 Å². The van der Waals surface area contributed by atoms with Crippen LogP contribution in [0.1, 0.15) is 27.6 Å². The lowest BCUT2D eigenvalue weighted by molar-refractivity contribution is -0.146. The highest BCUT2D eigenvalue weighted by atomic mass is 35.5. The second-order valence-corrected chi connectivity index (χ2v) is 7.37. The van der Waals surface area contributed by atoms with Gasteiger partial charge in [0.1, 0.15) is 6.54 Å². The Hall–Kier alpha value is -2.61. The number of rotatable bonds is 8. The molecule has 0 saturated carbocycles. The van der Waals surface area contributed by atoms with Gasteiger partial charge in [0.15, 0.2) is 6.10 Å². The van der Waals surface area contributed by atoms with Gasteiger partial charge < -0.3 is 15.4 Å². The third-order valence-corrected chi connectivity index (χ3v) is 4.62. The number of esters is 1. The largest absolute Gasteiger partial charge is 0.453 e. The number of hydrogen-bond acceptors (Lipinski definition) is 5. The number of benzene rings is 2. The summed E-state index contributed by atoms with van der Waals surface area (Å²) in [5, 5.41) is 5.66. The van der Waals surface area contributed by atoms with E-state index in [0.29, 0.717) is 15.6 Å². The third kappa shape index (κ3) is 7.02. The Morgan fingerprint density at radius 3 is 2.17 bits per heavy atom. The minimum absolute atomic E-state index is 0.142. The van der Waals surface area contributed by atoms with Crippen molar-refractivity contribution in [1.29, 1.82) is 0 Å². The number of halogens is 3. The summed E-state index contributed by atoms with van der Waals surface area (Å²) < 4.78 is 5.02. The van der Waals surface area contributed by atoms with Crippen LogP contribution in [0.5, 0.6) is 0 Å². The molecule has 0 radical (unpaired) electrons. The lowest BCUT2D eigenvalue weighted by Gasteiger charge is -2.13. The maximum Gasteiger partial charge on any atom is 0.326 e. The zero-order valence-corrected chi connectivity index (χ0v) is 18.0. The Morgan fingerprint density at radius 1 is 0.900 bits per heavy atom. The Morgan fingerprint density at radius 2 is 1.53 bits per heavy atom. The molecule has 2 N–H and O–H groups in total. The van der Waals surface area contributed by atoms with Crippen LogP contribution in [0.4, 0.5) is 0 Å². The smallest absolute Gasteiger partial charge is 0.326 e. The molecule has 0 saturated heterocycles. The predicted octanol–water partition coefficient (Wildman–Crippen LogP) is 3.31. The molecule has 0 bridgehead atoms. The van der Waals surface area contributed by atoms with Crippen molar-refractivity contribution in [2.24, 2.45) is 0 Å². The van der Waals surface area contributed by atoms with Crippen LogP contribution in [0, 0.1) is 0 Å². The first-order chi connectivity index (χ1) is 14.2. The molecule has 10 heteroatoms. The van der Waals surface area contributed by atoms with E-state index < -0.39 is 36.2 Å². The van der Waals surface area contributed by atoms with Crippen molar-refractivity contribution in [2.45, 2.75) is 13.0 Å². The van der Waals surface area contributed by atoms with E-state index in [1.54, 1.807) is 12.1 Å². The van der Waals surface area contributed by atoms with Gasteiger partial charge >= 0.3 is 5.97 Å². The third-order valence-electron chi connectivity index (χ3n) is 3.82. The number of carbonyl (C=O) groups is 4. The van der Waals surface area contributed by atoms with Gasteiger partial charge in [0.25, 0.3) is 5.91 Å². The summed E-state index contributed by atoms with van der Waals surface area (Å²) in [5.74, 6) is -2.40. The molecular weight excluding hydrogens is 455 g/mol. The van der Waals surface area contributed by atoms with Gasteiger partial charge in [-0.05, 0) is 49.4 Å². The quantitative estimate of drug-likeness (QED) is 0.454. The summed E-state index contributed by atoms with van der Waals surface area (Å²) in [5.41, 5.74) is 0.495. The molecule has 0 aliphatic carbocycles. The van der Waals surface area contributed by atoms with Crippen LogP contribution >= 0.6 is 34.8 Å². The molecule has 2 rings (SSSR count). The summed E-state index contributed by atoms with van der Waals surface area (Å²) >= 11 is 17.5. The summed E-state index contributed by atoms with van der Waals surface area (Å²) in [6.45, 7) is 0.575. The minimum Gasteiger partial charge on any atom is -0.453 e. The van der Waals surface area contributed by atoms with Gasteiger partial charge in [-0.2, -0.15) is 0 Å². The van der Waals surface area contributed by atoms with E-state index in [-0.39, 0.29) is 17.1 Å². The number of Topliss-reactive ketones (excluding diaryl/α,β-unsaturated/α-hetero) is 1. The fraction of sp³-hybridized carbons (Fsp3) is 0.200. The van der Waals surface area contributed by atoms with Crippen molar-refractivity contribution < 1.29 is 23.9 Å². The molecule has 0 aliphatic heterocycles. The predicted molar refractivity (Wildman–Crippen MR) is 113 cm³/mol. The molecule has 0 heterocycles. The van der Waals surface area contributed by atoms with Crippen LogP contribution in [0.25, 0.3) is 0 Å². The number of hydrogen-bond donors (Lipinski definition) is 2. The van der Waals surface area contributed by atoms with Crippen LogP contribution in [0.2, 0.25) is 15.1 Å². The lowest BCUT2D eigenvalue weighted by atomic mass is 10.1. The highest BCUT2D eigenvalue weighted by Gasteiger charge is 2.20. The molecule has 2 amide bonds. The first kappa shape index (κ1) is 23.7. The zero-order chi connectivity index (χ0) is 22.3. The molecule has 0 aliphatic rings. The van der Waals surface area contributed by atoms with E-state index >= 15 is 0 Å². The second kappa shape index (κ2) is 11.0. The SMILES string of the molecule is CC(OC(=O)CNC(=O)CNC(=O)c1ccc(Cl)cc1Cl)C(=O)c1ccc(Cl)cc1. The van der Waals surface area contributed by atoms with Gasteiger partial charge in [-0.1, -0.05) is 34.8 Å². The van der Waals surface area contributed by atoms with E-state index in [4.69, 9.17) is 39.5 Å². The topological polar surface area (TPSA) is 102 Å². The van der Waals surface area contributed by atoms with Crippen LogP contribution in [-0.2, 0) is 14.3 Å². The number of ketones is 1. The molecule has 7 nitrogen and oxygen atoms in total. The second-order valence-electron chi connectivity index (χ2n) is 6.09. The van der Waals surface area contributed by atoms with E-state index in [9.17, 15) is 19.2 Å². The average Bonchev–Trinajstić information content (AvgIpc) is 2.70. The maximum atomic E-state index is 12.2. The van der Waals surface area contributed by atoms with Gasteiger partial charge in [0.2, 0.25) is 11.7 Å². The summed E-state index contributed by atoms with van der Waals surface area (Å²) in [7, 11) is 0. The van der Waals surface area contributed by atoms with E-state index in [2.05, 4.69) is 10.6 Å². The van der Waals surface area contributed by atoms with E-state index in [1.807, 2.05) is 0 Å². The van der Waals surface area contributed by atoms with Crippen molar-refractivity contribution in [2.75, 3.05) is 13.1 Å². The van der Waals surface area contributed by atoms with Crippen molar-refractivity contribution in [3.05, 3.63) is 68.7 Å². The maximum absolute atomic E-state index is 12.2. The van der Waals surface area contributed by atoms with Crippen molar-refractivity contribution >= 4 is 58.4 Å². The van der Waals surface area contributed by atoms with Crippen LogP contribution in [0.3, 0.4) is 0 Å². The van der Waals surface area contributed by atoms with E-state index in [0.717, 1.165) is 0 Å². The van der Waals surface area contributed by atoms with Gasteiger partial charge in [-0.25, -0.2) is 0 Å². The van der Waals surface area contributed by atoms with Gasteiger partial charge in [-0.3, -0.25) is 19.2 Å². The van der Waals surface area contributed by atoms with Crippen LogP contribution < -0.4 is 10.6 Å². The fourth-order valence-electron chi connectivity index (χ4n) is 2.30. The molecule has 1 atom stereocenters. The monoisotopic (exact) mass is 470 g/mol. The number of nitrogens with one attached hydrogen (secondary N) is 2. The Bertz CT molecular complexity index is 963. The Labute approximate surface area is 187 Å². The Kier molecular flexibility index (Phi) is 8.65. The number of ether oxygens (including phenoxy) is 1. The first-order valence-corrected chi connectivity index (χ1v) is 9.80. The first-order valence-electron chi connectivity index (χ1n) is 8.66. The van der Waals surface area contributed by atoms with Gasteiger partial charge in [0, 0.05) is 15.6 Å². The van der Waals surface area contributed by atoms with Crippen molar-refractivity contribution in [1.82, 2.24) is 10.6 Å². The molecule has 0 aromatic heterocycles. The van der Waals surface area contributed by atoms with Gasteiger partial charge in [-0.15, -0.1) is 0 Å². The molecule has 158 valence electrons. The van der Waals surface area contributed by atoms with Crippen LogP contribution in [-0.4, -0.2) is 42.8 Å². The fourth-order valence-corrected chi connectivity index (χ4v) is 2.92. The molecule has 0 spiro atoms. The number of carbonyl (C=O) groups excluding carboxylic acids is 4. The molecule has 0 fully saturated rings. The Balaban J connectivity index is 1.75. The van der Waals surface area contributed by atoms with E-state index in [1.165, 1.54) is 37.3 Å². The summed E-state index contributed by atoms with van der Waals surface area (Å²) in [6.07, 6.45) is -1.04. The van der Waals surface area contributed by atoms with Crippen LogP contribution in [0.15, 0.2) is 42.5 Å². The minimum atomic E-state index is -1.04. The summed E-state index contributed by atoms with van der Waals surface area (Å²) in [4.78, 5) is 47.9. The average molecular weight is 472 g/mol. The van der Waals surface area contributed by atoms with Gasteiger partial charge in [0.05, 0.1) is 17.1 Å². The number of amides is 2. The van der Waals surface area contributed by atoms with Crippen molar-refractivity contribution in [3.8, 4) is 0 Å². The highest BCUT2D eigenvalue weighted by molar-refractivity contribution is 6.36. The molecule has 30 heavy (non-hydrogen) atoms.